The third-order valence-electron chi connectivity index (χ3n) is 3.38. The van der Waals surface area contributed by atoms with Crippen LogP contribution in [0, 0.1) is 0 Å². The molecule has 2 heteroatoms. The van der Waals surface area contributed by atoms with E-state index in [0.29, 0.717) is 6.04 Å². The molecule has 0 bridgehead atoms. The first kappa shape index (κ1) is 14.6. The summed E-state index contributed by atoms with van der Waals surface area (Å²) in [7, 11) is 1.98. The summed E-state index contributed by atoms with van der Waals surface area (Å²) in [5, 5.41) is 3.28. The maximum Gasteiger partial charge on any atom is 0.127 e. The molecule has 0 spiro atoms. The van der Waals surface area contributed by atoms with E-state index in [2.05, 4.69) is 62.5 Å². The highest BCUT2D eigenvalue weighted by atomic mass is 16.5. The van der Waals surface area contributed by atoms with E-state index in [4.69, 9.17) is 4.74 Å². The molecule has 0 saturated heterocycles. The quantitative estimate of drug-likeness (QED) is 0.867. The Labute approximate surface area is 121 Å². The van der Waals surface area contributed by atoms with Crippen LogP contribution in [-0.4, -0.2) is 13.2 Å². The Balaban J connectivity index is 2.41. The maximum absolute atomic E-state index is 5.91. The van der Waals surface area contributed by atoms with Crippen LogP contribution in [0.25, 0.3) is 11.1 Å². The molecule has 0 aliphatic heterocycles. The molecule has 0 aromatic heterocycles. The Kier molecular flexibility index (Phi) is 4.80. The second-order valence-corrected chi connectivity index (χ2v) is 5.30. The second kappa shape index (κ2) is 6.58. The minimum atomic E-state index is 0.176. The van der Waals surface area contributed by atoms with E-state index >= 15 is 0 Å². The van der Waals surface area contributed by atoms with Gasteiger partial charge in [-0.05, 0) is 51.1 Å². The molecule has 2 aromatic carbocycles. The van der Waals surface area contributed by atoms with Gasteiger partial charge in [-0.2, -0.15) is 0 Å². The number of nitrogens with one attached hydrogen (secondary N) is 1. The zero-order valence-electron chi connectivity index (χ0n) is 12.7. The molecule has 0 radical (unpaired) electrons. The van der Waals surface area contributed by atoms with Gasteiger partial charge in [-0.25, -0.2) is 0 Å². The molecule has 2 aromatic rings. The van der Waals surface area contributed by atoms with Gasteiger partial charge in [-0.1, -0.05) is 36.4 Å². The fourth-order valence-corrected chi connectivity index (χ4v) is 2.20. The Morgan fingerprint density at radius 2 is 1.70 bits per heavy atom. The number of ether oxygens (including phenoxy) is 1. The van der Waals surface area contributed by atoms with Crippen LogP contribution in [0.1, 0.15) is 32.4 Å². The van der Waals surface area contributed by atoms with Crippen molar-refractivity contribution in [1.82, 2.24) is 5.32 Å². The van der Waals surface area contributed by atoms with Crippen LogP contribution in [-0.2, 0) is 0 Å². The lowest BCUT2D eigenvalue weighted by atomic mass is 9.99. The number of hydrogen-bond acceptors (Lipinski definition) is 2. The molecule has 0 saturated carbocycles. The van der Waals surface area contributed by atoms with Gasteiger partial charge in [0.05, 0.1) is 6.10 Å². The van der Waals surface area contributed by atoms with Crippen LogP contribution in [0.4, 0.5) is 0 Å². The summed E-state index contributed by atoms with van der Waals surface area (Å²) in [5.74, 6) is 0.941. The fraction of sp³-hybridized carbons (Fsp3) is 0.333. The Hall–Kier alpha value is -1.80. The van der Waals surface area contributed by atoms with Gasteiger partial charge in [0, 0.05) is 11.6 Å². The van der Waals surface area contributed by atoms with Crippen molar-refractivity contribution in [1.29, 1.82) is 0 Å². The topological polar surface area (TPSA) is 21.3 Å². The minimum absolute atomic E-state index is 0.176. The molecule has 0 amide bonds. The summed E-state index contributed by atoms with van der Waals surface area (Å²) in [6.07, 6.45) is 0.176. The van der Waals surface area contributed by atoms with E-state index in [1.807, 2.05) is 19.2 Å². The third kappa shape index (κ3) is 3.40. The Morgan fingerprint density at radius 3 is 2.40 bits per heavy atom. The van der Waals surface area contributed by atoms with Gasteiger partial charge in [-0.3, -0.25) is 0 Å². The van der Waals surface area contributed by atoms with Crippen LogP contribution in [0.5, 0.6) is 5.75 Å². The highest BCUT2D eigenvalue weighted by Gasteiger charge is 2.09. The second-order valence-electron chi connectivity index (χ2n) is 5.30. The Morgan fingerprint density at radius 1 is 0.950 bits per heavy atom. The van der Waals surface area contributed by atoms with E-state index < -0.39 is 0 Å². The van der Waals surface area contributed by atoms with Crippen LogP contribution in [0.15, 0.2) is 48.5 Å². The monoisotopic (exact) mass is 269 g/mol. The van der Waals surface area contributed by atoms with Gasteiger partial charge in [0.15, 0.2) is 0 Å². The highest BCUT2D eigenvalue weighted by molar-refractivity contribution is 5.71. The summed E-state index contributed by atoms with van der Waals surface area (Å²) >= 11 is 0. The van der Waals surface area contributed by atoms with Gasteiger partial charge < -0.3 is 10.1 Å². The van der Waals surface area contributed by atoms with E-state index in [1.165, 1.54) is 11.1 Å². The molecule has 1 N–H and O–H groups in total. The van der Waals surface area contributed by atoms with Crippen molar-refractivity contribution in [2.45, 2.75) is 32.9 Å². The molecule has 2 nitrogen and oxygen atoms in total. The van der Waals surface area contributed by atoms with Crippen molar-refractivity contribution >= 4 is 0 Å². The maximum atomic E-state index is 5.91. The molecular weight excluding hydrogens is 246 g/mol. The minimum Gasteiger partial charge on any atom is -0.490 e. The van der Waals surface area contributed by atoms with Gasteiger partial charge >= 0.3 is 0 Å². The van der Waals surface area contributed by atoms with Crippen molar-refractivity contribution in [2.75, 3.05) is 7.05 Å². The van der Waals surface area contributed by atoms with E-state index in [9.17, 15) is 0 Å². The largest absolute Gasteiger partial charge is 0.490 e. The number of rotatable bonds is 5. The predicted octanol–water partition coefficient (Wildman–Crippen LogP) is 4.42. The van der Waals surface area contributed by atoms with Crippen molar-refractivity contribution in [2.24, 2.45) is 0 Å². The SMILES string of the molecule is CNC(C)c1cccc(-c2ccccc2OC(C)C)c1. The zero-order chi connectivity index (χ0) is 14.5. The lowest BCUT2D eigenvalue weighted by Gasteiger charge is -2.16. The number of hydrogen-bond donors (Lipinski definition) is 1. The number of benzene rings is 2. The summed E-state index contributed by atoms with van der Waals surface area (Å²) in [6.45, 7) is 6.27. The first-order chi connectivity index (χ1) is 9.61. The van der Waals surface area contributed by atoms with E-state index in [1.54, 1.807) is 0 Å². The van der Waals surface area contributed by atoms with Crippen molar-refractivity contribution < 1.29 is 4.74 Å². The molecule has 106 valence electrons. The zero-order valence-corrected chi connectivity index (χ0v) is 12.7. The van der Waals surface area contributed by atoms with Gasteiger partial charge in [-0.15, -0.1) is 0 Å². The lowest BCUT2D eigenvalue weighted by molar-refractivity contribution is 0.243. The van der Waals surface area contributed by atoms with Crippen molar-refractivity contribution in [3.05, 3.63) is 54.1 Å². The average Bonchev–Trinajstić information content (AvgIpc) is 2.46. The first-order valence-corrected chi connectivity index (χ1v) is 7.15. The van der Waals surface area contributed by atoms with E-state index in [0.717, 1.165) is 11.3 Å². The summed E-state index contributed by atoms with van der Waals surface area (Å²) < 4.78 is 5.91. The standard InChI is InChI=1S/C18H23NO/c1-13(2)20-18-11-6-5-10-17(18)16-9-7-8-15(12-16)14(3)19-4/h5-14,19H,1-4H3. The lowest BCUT2D eigenvalue weighted by Crippen LogP contribution is -2.12. The van der Waals surface area contributed by atoms with Crippen LogP contribution >= 0.6 is 0 Å². The first-order valence-electron chi connectivity index (χ1n) is 7.15. The molecule has 0 fully saturated rings. The molecule has 20 heavy (non-hydrogen) atoms. The smallest absolute Gasteiger partial charge is 0.127 e. The molecule has 0 aliphatic carbocycles. The molecule has 0 heterocycles. The Bertz CT molecular complexity index is 563. The van der Waals surface area contributed by atoms with Gasteiger partial charge in [0.1, 0.15) is 5.75 Å². The van der Waals surface area contributed by atoms with Crippen molar-refractivity contribution in [3.63, 3.8) is 0 Å². The fourth-order valence-electron chi connectivity index (χ4n) is 2.20. The summed E-state index contributed by atoms with van der Waals surface area (Å²) in [5.41, 5.74) is 3.62. The van der Waals surface area contributed by atoms with Crippen LogP contribution in [0.3, 0.4) is 0 Å². The highest BCUT2D eigenvalue weighted by Crippen LogP contribution is 2.31. The van der Waals surface area contributed by atoms with Crippen molar-refractivity contribution in [3.8, 4) is 16.9 Å². The average molecular weight is 269 g/mol. The predicted molar refractivity (Wildman–Crippen MR) is 85.1 cm³/mol. The third-order valence-corrected chi connectivity index (χ3v) is 3.38. The molecule has 1 unspecified atom stereocenters. The summed E-state index contributed by atoms with van der Waals surface area (Å²) in [6, 6.07) is 17.2. The van der Waals surface area contributed by atoms with E-state index in [-0.39, 0.29) is 6.10 Å². The number of para-hydroxylation sites is 1. The van der Waals surface area contributed by atoms with Crippen LogP contribution < -0.4 is 10.1 Å². The molecule has 1 atom stereocenters. The van der Waals surface area contributed by atoms with Gasteiger partial charge in [0.2, 0.25) is 0 Å². The van der Waals surface area contributed by atoms with Gasteiger partial charge in [0.25, 0.3) is 0 Å². The molecule has 2 rings (SSSR count). The molecular formula is C18H23NO. The summed E-state index contributed by atoms with van der Waals surface area (Å²) in [4.78, 5) is 0. The normalized spacial score (nSPS) is 12.4. The molecule has 0 aliphatic rings. The van der Waals surface area contributed by atoms with Crippen LogP contribution in [0.2, 0.25) is 0 Å².